The van der Waals surface area contributed by atoms with Crippen LogP contribution in [0.15, 0.2) is 78.9 Å². The van der Waals surface area contributed by atoms with Crippen LogP contribution in [0.25, 0.3) is 0 Å². The summed E-state index contributed by atoms with van der Waals surface area (Å²) in [5.74, 6) is -0.287. The molecule has 5 heteroatoms. The number of aliphatic hydroxyl groups excluding tert-OH is 1. The van der Waals surface area contributed by atoms with Gasteiger partial charge in [-0.1, -0.05) is 54.6 Å². The van der Waals surface area contributed by atoms with Crippen LogP contribution in [-0.2, 0) is 6.54 Å². The Balaban J connectivity index is 1.70. The van der Waals surface area contributed by atoms with Crippen LogP contribution in [0.1, 0.15) is 17.2 Å². The van der Waals surface area contributed by atoms with Crippen molar-refractivity contribution in [3.63, 3.8) is 0 Å². The third kappa shape index (κ3) is 4.32. The maximum atomic E-state index is 14.0. The maximum Gasteiger partial charge on any atom is 0.123 e. The molecular weight excluding hydrogens is 377 g/mol. The number of aliphatic hydroxyl groups is 1. The highest BCUT2D eigenvalue weighted by Gasteiger charge is 2.33. The number of likely N-dealkylation sites (N-methyl/N-ethyl adjacent to an activating group) is 1. The lowest BCUT2D eigenvalue weighted by molar-refractivity contribution is 0.140. The van der Waals surface area contributed by atoms with Gasteiger partial charge in [0.05, 0.1) is 23.5 Å². The van der Waals surface area contributed by atoms with Crippen LogP contribution in [0.5, 0.6) is 0 Å². The number of hydrogen-bond donors (Lipinski definition) is 2. The van der Waals surface area contributed by atoms with E-state index in [1.54, 1.807) is 6.07 Å². The normalized spacial score (nSPS) is 15.6. The number of benzene rings is 3. The molecule has 1 heterocycles. The van der Waals surface area contributed by atoms with E-state index in [4.69, 9.17) is 0 Å². The third-order valence-corrected chi connectivity index (χ3v) is 5.66. The van der Waals surface area contributed by atoms with E-state index in [-0.39, 0.29) is 11.9 Å². The predicted molar refractivity (Wildman–Crippen MR) is 120 cm³/mol. The highest BCUT2D eigenvalue weighted by atomic mass is 19.1. The molecule has 0 saturated heterocycles. The smallest absolute Gasteiger partial charge is 0.123 e. The summed E-state index contributed by atoms with van der Waals surface area (Å²) in [6.07, 6.45) is -0.675. The van der Waals surface area contributed by atoms with Crippen LogP contribution in [-0.4, -0.2) is 37.9 Å². The van der Waals surface area contributed by atoms with Gasteiger partial charge in [-0.05, 0) is 42.4 Å². The Morgan fingerprint density at radius 2 is 1.67 bits per heavy atom. The highest BCUT2D eigenvalue weighted by Crippen LogP contribution is 2.39. The highest BCUT2D eigenvalue weighted by molar-refractivity contribution is 5.74. The van der Waals surface area contributed by atoms with E-state index in [0.717, 1.165) is 36.6 Å². The van der Waals surface area contributed by atoms with E-state index in [1.165, 1.54) is 17.7 Å². The van der Waals surface area contributed by atoms with Crippen molar-refractivity contribution in [1.29, 1.82) is 0 Å². The largest absolute Gasteiger partial charge is 0.389 e. The Morgan fingerprint density at radius 3 is 2.40 bits per heavy atom. The van der Waals surface area contributed by atoms with Gasteiger partial charge in [0.1, 0.15) is 5.82 Å². The molecule has 0 bridgehead atoms. The number of rotatable bonds is 7. The molecule has 156 valence electrons. The van der Waals surface area contributed by atoms with Crippen LogP contribution >= 0.6 is 0 Å². The lowest BCUT2D eigenvalue weighted by atomic mass is 9.96. The van der Waals surface area contributed by atoms with Crippen molar-refractivity contribution >= 4 is 11.4 Å². The van der Waals surface area contributed by atoms with Crippen molar-refractivity contribution in [2.45, 2.75) is 18.7 Å². The Bertz CT molecular complexity index is 965. The van der Waals surface area contributed by atoms with Gasteiger partial charge in [-0.25, -0.2) is 4.39 Å². The molecule has 3 aromatic rings. The molecule has 0 radical (unpaired) electrons. The fourth-order valence-corrected chi connectivity index (χ4v) is 4.32. The van der Waals surface area contributed by atoms with E-state index in [0.29, 0.717) is 6.54 Å². The van der Waals surface area contributed by atoms with Crippen molar-refractivity contribution < 1.29 is 9.50 Å². The first-order valence-corrected chi connectivity index (χ1v) is 10.4. The Kier molecular flexibility index (Phi) is 6.31. The van der Waals surface area contributed by atoms with E-state index in [1.807, 2.05) is 31.3 Å². The summed E-state index contributed by atoms with van der Waals surface area (Å²) in [6.45, 7) is 2.82. The second kappa shape index (κ2) is 9.28. The number of hydrogen-bond acceptors (Lipinski definition) is 4. The van der Waals surface area contributed by atoms with Gasteiger partial charge in [-0.15, -0.1) is 0 Å². The molecule has 1 aliphatic rings. The summed E-state index contributed by atoms with van der Waals surface area (Å²) in [7, 11) is 1.82. The SMILES string of the molecule is CNCC(O)C(c1cccc(F)c1)N1CCN(Cc2ccccc2)c2ccccc21. The molecule has 1 aliphatic heterocycles. The van der Waals surface area contributed by atoms with Crippen molar-refractivity contribution in [2.24, 2.45) is 0 Å². The zero-order valence-electron chi connectivity index (χ0n) is 17.2. The van der Waals surface area contributed by atoms with Crippen molar-refractivity contribution in [2.75, 3.05) is 36.5 Å². The minimum atomic E-state index is -0.675. The van der Waals surface area contributed by atoms with E-state index in [9.17, 15) is 9.50 Å². The lowest BCUT2D eigenvalue weighted by Gasteiger charge is -2.44. The first kappa shape index (κ1) is 20.4. The minimum absolute atomic E-state index is 0.287. The van der Waals surface area contributed by atoms with Gasteiger partial charge in [0.2, 0.25) is 0 Å². The summed E-state index contributed by atoms with van der Waals surface area (Å²) >= 11 is 0. The topological polar surface area (TPSA) is 38.7 Å². The number of para-hydroxylation sites is 2. The molecule has 2 atom stereocenters. The Labute approximate surface area is 177 Å². The molecule has 0 aromatic heterocycles. The van der Waals surface area contributed by atoms with E-state index < -0.39 is 6.10 Å². The summed E-state index contributed by atoms with van der Waals surface area (Å²) in [4.78, 5) is 4.59. The van der Waals surface area contributed by atoms with E-state index >= 15 is 0 Å². The minimum Gasteiger partial charge on any atom is -0.389 e. The average Bonchev–Trinajstić information content (AvgIpc) is 2.76. The molecule has 30 heavy (non-hydrogen) atoms. The van der Waals surface area contributed by atoms with Gasteiger partial charge in [0.15, 0.2) is 0 Å². The zero-order chi connectivity index (χ0) is 20.9. The molecule has 0 fully saturated rings. The Morgan fingerprint density at radius 1 is 0.933 bits per heavy atom. The first-order chi connectivity index (χ1) is 14.7. The predicted octanol–water partition coefficient (Wildman–Crippen LogP) is 3.97. The van der Waals surface area contributed by atoms with Crippen LogP contribution in [0, 0.1) is 5.82 Å². The zero-order valence-corrected chi connectivity index (χ0v) is 17.2. The summed E-state index contributed by atoms with van der Waals surface area (Å²) in [5, 5.41) is 14.0. The number of nitrogens with zero attached hydrogens (tertiary/aromatic N) is 2. The number of anilines is 2. The fourth-order valence-electron chi connectivity index (χ4n) is 4.32. The van der Waals surface area contributed by atoms with Gasteiger partial charge in [-0.3, -0.25) is 0 Å². The van der Waals surface area contributed by atoms with Crippen molar-refractivity contribution in [1.82, 2.24) is 5.32 Å². The number of fused-ring (bicyclic) bond motifs is 1. The van der Waals surface area contributed by atoms with Crippen LogP contribution in [0.4, 0.5) is 15.8 Å². The average molecular weight is 406 g/mol. The third-order valence-electron chi connectivity index (χ3n) is 5.66. The van der Waals surface area contributed by atoms with Gasteiger partial charge in [0.25, 0.3) is 0 Å². The maximum absolute atomic E-state index is 14.0. The summed E-state index contributed by atoms with van der Waals surface area (Å²) < 4.78 is 14.0. The molecule has 2 unspecified atom stereocenters. The molecule has 0 aliphatic carbocycles. The van der Waals surface area contributed by atoms with E-state index in [2.05, 4.69) is 51.5 Å². The molecular formula is C25H28FN3O. The van der Waals surface area contributed by atoms with Gasteiger partial charge >= 0.3 is 0 Å². The molecule has 4 nitrogen and oxygen atoms in total. The number of halogens is 1. The number of nitrogens with one attached hydrogen (secondary N) is 1. The molecule has 0 amide bonds. The summed E-state index contributed by atoms with van der Waals surface area (Å²) in [5.41, 5.74) is 4.23. The summed E-state index contributed by atoms with van der Waals surface area (Å²) in [6, 6.07) is 24.9. The molecule has 0 saturated carbocycles. The first-order valence-electron chi connectivity index (χ1n) is 10.4. The van der Waals surface area contributed by atoms with Crippen molar-refractivity contribution in [3.05, 3.63) is 95.8 Å². The molecule has 0 spiro atoms. The van der Waals surface area contributed by atoms with Crippen LogP contribution in [0.3, 0.4) is 0 Å². The lowest BCUT2D eigenvalue weighted by Crippen LogP contribution is -2.47. The quantitative estimate of drug-likeness (QED) is 0.624. The Hall–Kier alpha value is -2.89. The van der Waals surface area contributed by atoms with Gasteiger partial charge < -0.3 is 20.2 Å². The second-order valence-electron chi connectivity index (χ2n) is 7.71. The fraction of sp³-hybridized carbons (Fsp3) is 0.280. The molecule has 2 N–H and O–H groups in total. The molecule has 4 rings (SSSR count). The van der Waals surface area contributed by atoms with Crippen LogP contribution < -0.4 is 15.1 Å². The molecule has 3 aromatic carbocycles. The standard InChI is InChI=1S/C25H28FN3O/c1-27-17-24(30)25(20-10-7-11-21(26)16-20)29-15-14-28(18-19-8-3-2-4-9-19)22-12-5-6-13-23(22)29/h2-13,16,24-25,27,30H,14-15,17-18H2,1H3. The van der Waals surface area contributed by atoms with Crippen molar-refractivity contribution in [3.8, 4) is 0 Å². The monoisotopic (exact) mass is 405 g/mol. The van der Waals surface area contributed by atoms with Gasteiger partial charge in [0, 0.05) is 26.2 Å². The van der Waals surface area contributed by atoms with Crippen LogP contribution in [0.2, 0.25) is 0 Å². The second-order valence-corrected chi connectivity index (χ2v) is 7.71. The van der Waals surface area contributed by atoms with Gasteiger partial charge in [-0.2, -0.15) is 0 Å².